The van der Waals surface area contributed by atoms with Gasteiger partial charge in [-0.3, -0.25) is 0 Å². The number of aromatic nitrogens is 2. The van der Waals surface area contributed by atoms with Crippen LogP contribution in [0.5, 0.6) is 5.75 Å². The summed E-state index contributed by atoms with van der Waals surface area (Å²) in [5.41, 5.74) is 4.16. The third-order valence-corrected chi connectivity index (χ3v) is 4.40. The molecule has 0 bridgehead atoms. The van der Waals surface area contributed by atoms with Crippen molar-refractivity contribution in [3.05, 3.63) is 59.1 Å². The van der Waals surface area contributed by atoms with Crippen LogP contribution in [0.25, 0.3) is 22.4 Å². The van der Waals surface area contributed by atoms with Gasteiger partial charge in [0.05, 0.1) is 12.6 Å². The summed E-state index contributed by atoms with van der Waals surface area (Å²) in [6.07, 6.45) is 1.88. The molecule has 0 N–H and O–H groups in total. The Bertz CT molecular complexity index is 852. The van der Waals surface area contributed by atoms with Crippen LogP contribution in [0.2, 0.25) is 0 Å². The number of rotatable bonds is 4. The average Bonchev–Trinajstić information content (AvgIpc) is 2.89. The Morgan fingerprint density at radius 1 is 1.27 bits per heavy atom. The zero-order chi connectivity index (χ0) is 15.7. The molecule has 3 aromatic rings. The lowest BCUT2D eigenvalue weighted by molar-refractivity contribution is 0.417. The van der Waals surface area contributed by atoms with Crippen molar-refractivity contribution in [1.82, 2.24) is 9.55 Å². The van der Waals surface area contributed by atoms with Gasteiger partial charge in [-0.05, 0) is 24.6 Å². The van der Waals surface area contributed by atoms with Gasteiger partial charge in [0, 0.05) is 16.6 Å². The minimum absolute atomic E-state index is 0.674. The Balaban J connectivity index is 2.40. The molecule has 22 heavy (non-hydrogen) atoms. The van der Waals surface area contributed by atoms with Crippen molar-refractivity contribution < 1.29 is 4.74 Å². The molecule has 0 fully saturated rings. The summed E-state index contributed by atoms with van der Waals surface area (Å²) in [6.45, 7) is 6.62. The van der Waals surface area contributed by atoms with E-state index in [4.69, 9.17) is 9.72 Å². The Morgan fingerprint density at radius 2 is 2.05 bits per heavy atom. The van der Waals surface area contributed by atoms with E-state index in [-0.39, 0.29) is 0 Å². The highest BCUT2D eigenvalue weighted by molar-refractivity contribution is 9.10. The van der Waals surface area contributed by atoms with Crippen LogP contribution in [0.15, 0.2) is 53.5 Å². The molecule has 0 spiro atoms. The van der Waals surface area contributed by atoms with E-state index in [0.717, 1.165) is 38.2 Å². The monoisotopic (exact) mass is 356 g/mol. The van der Waals surface area contributed by atoms with Gasteiger partial charge in [0.2, 0.25) is 0 Å². The number of aryl methyl sites for hydroxylation is 1. The molecule has 1 heterocycles. The van der Waals surface area contributed by atoms with Gasteiger partial charge in [0.25, 0.3) is 0 Å². The number of fused-ring (bicyclic) bond motifs is 1. The lowest BCUT2D eigenvalue weighted by Gasteiger charge is -2.10. The number of methoxy groups -OCH3 is 1. The molecular formula is C18H17BrN2O. The van der Waals surface area contributed by atoms with E-state index < -0.39 is 0 Å². The zero-order valence-corrected chi connectivity index (χ0v) is 14.2. The second kappa shape index (κ2) is 5.97. The van der Waals surface area contributed by atoms with Gasteiger partial charge in [-0.15, -0.1) is 6.58 Å². The molecule has 4 heteroatoms. The Labute approximate surface area is 138 Å². The van der Waals surface area contributed by atoms with E-state index in [2.05, 4.69) is 40.1 Å². The molecule has 0 aliphatic heterocycles. The standard InChI is InChI=1S/C18H17BrN2O/c1-4-11-21-17-15(22-3)10-9-12(2)16(17)20-18(21)13-7-5-6-8-14(13)19/h4-10H,1,11H2,2-3H3. The molecule has 1 aromatic heterocycles. The summed E-state index contributed by atoms with van der Waals surface area (Å²) < 4.78 is 8.71. The fourth-order valence-corrected chi connectivity index (χ4v) is 3.12. The number of allylic oxidation sites excluding steroid dienone is 1. The van der Waals surface area contributed by atoms with Crippen LogP contribution in [-0.2, 0) is 6.54 Å². The van der Waals surface area contributed by atoms with Crippen molar-refractivity contribution in [3.8, 4) is 17.1 Å². The van der Waals surface area contributed by atoms with Crippen molar-refractivity contribution in [2.75, 3.05) is 7.11 Å². The quantitative estimate of drug-likeness (QED) is 0.617. The summed E-state index contributed by atoms with van der Waals surface area (Å²) in [5.74, 6) is 1.74. The summed E-state index contributed by atoms with van der Waals surface area (Å²) in [4.78, 5) is 4.88. The molecule has 0 aliphatic carbocycles. The predicted octanol–water partition coefficient (Wildman–Crippen LogP) is 4.97. The molecule has 3 rings (SSSR count). The highest BCUT2D eigenvalue weighted by Crippen LogP contribution is 2.35. The molecule has 0 radical (unpaired) electrons. The van der Waals surface area contributed by atoms with Crippen molar-refractivity contribution in [2.24, 2.45) is 0 Å². The third-order valence-electron chi connectivity index (χ3n) is 3.71. The zero-order valence-electron chi connectivity index (χ0n) is 12.6. The largest absolute Gasteiger partial charge is 0.494 e. The SMILES string of the molecule is C=CCn1c(-c2ccccc2Br)nc2c(C)ccc(OC)c21. The first-order chi connectivity index (χ1) is 10.7. The minimum Gasteiger partial charge on any atom is -0.494 e. The van der Waals surface area contributed by atoms with Crippen LogP contribution < -0.4 is 4.74 Å². The van der Waals surface area contributed by atoms with E-state index in [1.807, 2.05) is 36.4 Å². The maximum atomic E-state index is 5.54. The van der Waals surface area contributed by atoms with Crippen LogP contribution in [-0.4, -0.2) is 16.7 Å². The van der Waals surface area contributed by atoms with E-state index in [9.17, 15) is 0 Å². The van der Waals surface area contributed by atoms with E-state index in [1.54, 1.807) is 7.11 Å². The smallest absolute Gasteiger partial charge is 0.144 e. The van der Waals surface area contributed by atoms with E-state index in [1.165, 1.54) is 0 Å². The number of nitrogens with zero attached hydrogens (tertiary/aromatic N) is 2. The first kappa shape index (κ1) is 14.9. The third kappa shape index (κ3) is 2.33. The van der Waals surface area contributed by atoms with Gasteiger partial charge in [-0.1, -0.05) is 46.3 Å². The molecule has 0 unspecified atom stereocenters. The Kier molecular flexibility index (Phi) is 4.03. The fourth-order valence-electron chi connectivity index (χ4n) is 2.66. The van der Waals surface area contributed by atoms with Gasteiger partial charge in [-0.2, -0.15) is 0 Å². The fraction of sp³-hybridized carbons (Fsp3) is 0.167. The van der Waals surface area contributed by atoms with E-state index >= 15 is 0 Å². The number of ether oxygens (including phenoxy) is 1. The summed E-state index contributed by atoms with van der Waals surface area (Å²) in [5, 5.41) is 0. The summed E-state index contributed by atoms with van der Waals surface area (Å²) >= 11 is 3.62. The second-order valence-corrected chi connectivity index (χ2v) is 5.95. The maximum Gasteiger partial charge on any atom is 0.144 e. The van der Waals surface area contributed by atoms with Crippen molar-refractivity contribution in [1.29, 1.82) is 0 Å². The van der Waals surface area contributed by atoms with Gasteiger partial charge < -0.3 is 9.30 Å². The highest BCUT2D eigenvalue weighted by atomic mass is 79.9. The van der Waals surface area contributed by atoms with Crippen LogP contribution in [0, 0.1) is 6.92 Å². The molecule has 112 valence electrons. The molecule has 2 aromatic carbocycles. The number of hydrogen-bond acceptors (Lipinski definition) is 2. The molecule has 3 nitrogen and oxygen atoms in total. The van der Waals surface area contributed by atoms with Crippen LogP contribution >= 0.6 is 15.9 Å². The number of imidazole rings is 1. The molecule has 0 amide bonds. The molecule has 0 atom stereocenters. The van der Waals surface area contributed by atoms with Crippen LogP contribution in [0.1, 0.15) is 5.56 Å². The maximum absolute atomic E-state index is 5.54. The first-order valence-electron chi connectivity index (χ1n) is 7.07. The highest BCUT2D eigenvalue weighted by Gasteiger charge is 2.18. The molecule has 0 saturated heterocycles. The molecular weight excluding hydrogens is 340 g/mol. The van der Waals surface area contributed by atoms with Crippen LogP contribution in [0.4, 0.5) is 0 Å². The predicted molar refractivity (Wildman–Crippen MR) is 94.4 cm³/mol. The van der Waals surface area contributed by atoms with Gasteiger partial charge in [0.15, 0.2) is 0 Å². The van der Waals surface area contributed by atoms with Crippen molar-refractivity contribution in [2.45, 2.75) is 13.5 Å². The van der Waals surface area contributed by atoms with Crippen LogP contribution in [0.3, 0.4) is 0 Å². The average molecular weight is 357 g/mol. The lowest BCUT2D eigenvalue weighted by atomic mass is 10.2. The number of hydrogen-bond donors (Lipinski definition) is 0. The van der Waals surface area contributed by atoms with Gasteiger partial charge in [0.1, 0.15) is 17.1 Å². The Hall–Kier alpha value is -2.07. The van der Waals surface area contributed by atoms with E-state index in [0.29, 0.717) is 6.54 Å². The van der Waals surface area contributed by atoms with Gasteiger partial charge >= 0.3 is 0 Å². The minimum atomic E-state index is 0.674. The summed E-state index contributed by atoms with van der Waals surface area (Å²) in [6, 6.07) is 12.1. The Morgan fingerprint density at radius 3 is 2.73 bits per heavy atom. The lowest BCUT2D eigenvalue weighted by Crippen LogP contribution is -2.00. The topological polar surface area (TPSA) is 27.1 Å². The van der Waals surface area contributed by atoms with Crippen molar-refractivity contribution in [3.63, 3.8) is 0 Å². The second-order valence-electron chi connectivity index (χ2n) is 5.10. The number of halogens is 1. The first-order valence-corrected chi connectivity index (χ1v) is 7.86. The van der Waals surface area contributed by atoms with Gasteiger partial charge in [-0.25, -0.2) is 4.98 Å². The summed E-state index contributed by atoms with van der Waals surface area (Å²) in [7, 11) is 1.69. The molecule has 0 aliphatic rings. The normalized spacial score (nSPS) is 10.9. The molecule has 0 saturated carbocycles. The van der Waals surface area contributed by atoms with Crippen molar-refractivity contribution >= 4 is 27.0 Å². The number of benzene rings is 2.